The summed E-state index contributed by atoms with van der Waals surface area (Å²) < 4.78 is 32.0. The summed E-state index contributed by atoms with van der Waals surface area (Å²) in [4.78, 5) is 13.0. The van der Waals surface area contributed by atoms with Gasteiger partial charge in [0.05, 0.1) is 4.90 Å². The molecule has 0 radical (unpaired) electrons. The third-order valence-corrected chi connectivity index (χ3v) is 6.94. The number of benzene rings is 3. The average molecular weight is 453 g/mol. The molecule has 1 amide bonds. The number of para-hydroxylation sites is 1. The smallest absolute Gasteiger partial charge is 0.265 e. The fourth-order valence-electron chi connectivity index (χ4n) is 3.17. The van der Waals surface area contributed by atoms with E-state index in [9.17, 15) is 13.2 Å². The predicted molar refractivity (Wildman–Crippen MR) is 126 cm³/mol. The van der Waals surface area contributed by atoms with Crippen molar-refractivity contribution >= 4 is 21.6 Å². The second-order valence-electron chi connectivity index (χ2n) is 7.78. The number of hydrogen-bond donors (Lipinski definition) is 1. The Morgan fingerprint density at radius 2 is 1.66 bits per heavy atom. The molecular formula is C25H28N2O4S. The predicted octanol–water partition coefficient (Wildman–Crippen LogP) is 4.24. The van der Waals surface area contributed by atoms with E-state index < -0.39 is 16.1 Å². The van der Waals surface area contributed by atoms with E-state index in [-0.39, 0.29) is 10.8 Å². The molecule has 0 saturated carbocycles. The zero-order valence-electron chi connectivity index (χ0n) is 18.7. The number of aryl methyl sites for hydroxylation is 1. The molecule has 0 saturated heterocycles. The van der Waals surface area contributed by atoms with Gasteiger partial charge in [0.2, 0.25) is 10.0 Å². The summed E-state index contributed by atoms with van der Waals surface area (Å²) in [7, 11) is -0.668. The van der Waals surface area contributed by atoms with E-state index >= 15 is 0 Å². The van der Waals surface area contributed by atoms with Gasteiger partial charge in [0.15, 0.2) is 6.10 Å². The molecule has 3 aromatic rings. The first kappa shape index (κ1) is 23.5. The molecule has 3 rings (SSSR count). The molecule has 0 bridgehead atoms. The Kier molecular flexibility index (Phi) is 7.33. The summed E-state index contributed by atoms with van der Waals surface area (Å²) in [6.07, 6.45) is -0.0880. The zero-order valence-corrected chi connectivity index (χ0v) is 19.5. The SMILES string of the molecule is Cc1ccc(S(=O)(=O)N(C)C)cc1NC(=O)[C@H](C)Oc1ccccc1Cc1ccccc1. The van der Waals surface area contributed by atoms with Crippen molar-refractivity contribution in [3.8, 4) is 5.75 Å². The number of sulfonamides is 1. The van der Waals surface area contributed by atoms with Gasteiger partial charge in [-0.15, -0.1) is 0 Å². The fourth-order valence-corrected chi connectivity index (χ4v) is 4.09. The van der Waals surface area contributed by atoms with Crippen molar-refractivity contribution in [3.63, 3.8) is 0 Å². The van der Waals surface area contributed by atoms with Crippen LogP contribution in [0.25, 0.3) is 0 Å². The molecule has 7 heteroatoms. The second-order valence-corrected chi connectivity index (χ2v) is 9.94. The van der Waals surface area contributed by atoms with Gasteiger partial charge in [-0.25, -0.2) is 12.7 Å². The van der Waals surface area contributed by atoms with Crippen LogP contribution in [0.5, 0.6) is 5.75 Å². The van der Waals surface area contributed by atoms with Crippen molar-refractivity contribution in [2.24, 2.45) is 0 Å². The van der Waals surface area contributed by atoms with Crippen molar-refractivity contribution in [2.75, 3.05) is 19.4 Å². The van der Waals surface area contributed by atoms with Crippen molar-refractivity contribution in [3.05, 3.63) is 89.5 Å². The van der Waals surface area contributed by atoms with Crippen molar-refractivity contribution < 1.29 is 17.9 Å². The summed E-state index contributed by atoms with van der Waals surface area (Å²) in [5, 5.41) is 2.80. The molecule has 0 spiro atoms. The molecular weight excluding hydrogens is 424 g/mol. The quantitative estimate of drug-likeness (QED) is 0.555. The van der Waals surface area contributed by atoms with Gasteiger partial charge in [-0.2, -0.15) is 0 Å². The summed E-state index contributed by atoms with van der Waals surface area (Å²) >= 11 is 0. The fraction of sp³-hybridized carbons (Fsp3) is 0.240. The Hall–Kier alpha value is -3.16. The van der Waals surface area contributed by atoms with E-state index in [4.69, 9.17) is 4.74 Å². The monoisotopic (exact) mass is 452 g/mol. The minimum Gasteiger partial charge on any atom is -0.481 e. The molecule has 0 heterocycles. The Balaban J connectivity index is 1.75. The normalized spacial score (nSPS) is 12.4. The number of amides is 1. The number of anilines is 1. The molecule has 0 aliphatic heterocycles. The molecule has 0 aromatic heterocycles. The molecule has 0 unspecified atom stereocenters. The van der Waals surface area contributed by atoms with E-state index in [1.165, 1.54) is 26.2 Å². The van der Waals surface area contributed by atoms with Gasteiger partial charge in [0.25, 0.3) is 5.91 Å². The molecule has 3 aromatic carbocycles. The van der Waals surface area contributed by atoms with Crippen LogP contribution >= 0.6 is 0 Å². The largest absolute Gasteiger partial charge is 0.481 e. The number of rotatable bonds is 8. The number of nitrogens with zero attached hydrogens (tertiary/aromatic N) is 1. The lowest BCUT2D eigenvalue weighted by Crippen LogP contribution is -2.31. The summed E-state index contributed by atoms with van der Waals surface area (Å²) in [6.45, 7) is 3.48. The second kappa shape index (κ2) is 9.97. The maximum absolute atomic E-state index is 12.8. The summed E-state index contributed by atoms with van der Waals surface area (Å²) in [5.74, 6) is 0.279. The van der Waals surface area contributed by atoms with Crippen molar-refractivity contribution in [1.29, 1.82) is 0 Å². The molecule has 6 nitrogen and oxygen atoms in total. The van der Waals surface area contributed by atoms with E-state index in [1.54, 1.807) is 13.0 Å². The first-order chi connectivity index (χ1) is 15.2. The van der Waals surface area contributed by atoms with Gasteiger partial charge in [-0.1, -0.05) is 54.6 Å². The van der Waals surface area contributed by atoms with E-state index in [1.807, 2.05) is 61.5 Å². The number of nitrogens with one attached hydrogen (secondary N) is 1. The number of carbonyl (C=O) groups excluding carboxylic acids is 1. The van der Waals surface area contributed by atoms with E-state index in [2.05, 4.69) is 5.32 Å². The van der Waals surface area contributed by atoms with Crippen LogP contribution in [0.4, 0.5) is 5.69 Å². The van der Waals surface area contributed by atoms with Gasteiger partial charge in [-0.3, -0.25) is 4.79 Å². The van der Waals surface area contributed by atoms with Gasteiger partial charge in [-0.05, 0) is 48.7 Å². The highest BCUT2D eigenvalue weighted by molar-refractivity contribution is 7.89. The van der Waals surface area contributed by atoms with Gasteiger partial charge >= 0.3 is 0 Å². The van der Waals surface area contributed by atoms with E-state index in [0.29, 0.717) is 17.9 Å². The molecule has 0 aliphatic rings. The van der Waals surface area contributed by atoms with Gasteiger partial charge in [0.1, 0.15) is 5.75 Å². The Labute approximate surface area is 189 Å². The Morgan fingerprint density at radius 1 is 1.00 bits per heavy atom. The van der Waals surface area contributed by atoms with Crippen molar-refractivity contribution in [2.45, 2.75) is 31.3 Å². The molecule has 0 aliphatic carbocycles. The van der Waals surface area contributed by atoms with Crippen LogP contribution in [0, 0.1) is 6.92 Å². The van der Waals surface area contributed by atoms with Gasteiger partial charge in [0, 0.05) is 26.2 Å². The number of hydrogen-bond acceptors (Lipinski definition) is 4. The van der Waals surface area contributed by atoms with Crippen LogP contribution in [-0.4, -0.2) is 38.8 Å². The highest BCUT2D eigenvalue weighted by Gasteiger charge is 2.21. The molecule has 168 valence electrons. The van der Waals surface area contributed by atoms with Crippen LogP contribution in [0.1, 0.15) is 23.6 Å². The van der Waals surface area contributed by atoms with Crippen LogP contribution in [0.2, 0.25) is 0 Å². The van der Waals surface area contributed by atoms with Crippen LogP contribution in [0.3, 0.4) is 0 Å². The first-order valence-corrected chi connectivity index (χ1v) is 11.7. The molecule has 1 N–H and O–H groups in total. The Bertz CT molecular complexity index is 1190. The maximum atomic E-state index is 12.8. The topological polar surface area (TPSA) is 75.7 Å². The highest BCUT2D eigenvalue weighted by Crippen LogP contribution is 2.25. The first-order valence-electron chi connectivity index (χ1n) is 10.3. The number of carbonyl (C=O) groups is 1. The van der Waals surface area contributed by atoms with E-state index in [0.717, 1.165) is 21.0 Å². The maximum Gasteiger partial charge on any atom is 0.265 e. The van der Waals surface area contributed by atoms with Crippen LogP contribution in [0.15, 0.2) is 77.7 Å². The highest BCUT2D eigenvalue weighted by atomic mass is 32.2. The molecule has 1 atom stereocenters. The Morgan fingerprint density at radius 3 is 2.34 bits per heavy atom. The standard InChI is InChI=1S/C25H28N2O4S/c1-18-14-15-22(32(29,30)27(3)4)17-23(18)26-25(28)19(2)31-24-13-9-8-12-21(24)16-20-10-6-5-7-11-20/h5-15,17,19H,16H2,1-4H3,(H,26,28)/t19-/m0/s1. The average Bonchev–Trinajstić information content (AvgIpc) is 2.77. The lowest BCUT2D eigenvalue weighted by Gasteiger charge is -2.19. The summed E-state index contributed by atoms with van der Waals surface area (Å²) in [6, 6.07) is 22.3. The minimum absolute atomic E-state index is 0.116. The minimum atomic E-state index is -3.61. The lowest BCUT2D eigenvalue weighted by molar-refractivity contribution is -0.122. The molecule has 32 heavy (non-hydrogen) atoms. The van der Waals surface area contributed by atoms with Crippen LogP contribution in [-0.2, 0) is 21.2 Å². The third kappa shape index (κ3) is 5.55. The summed E-state index contributed by atoms with van der Waals surface area (Å²) in [5.41, 5.74) is 3.32. The van der Waals surface area contributed by atoms with Gasteiger partial charge < -0.3 is 10.1 Å². The van der Waals surface area contributed by atoms with Crippen molar-refractivity contribution in [1.82, 2.24) is 4.31 Å². The zero-order chi connectivity index (χ0) is 23.3. The third-order valence-electron chi connectivity index (χ3n) is 5.13. The lowest BCUT2D eigenvalue weighted by atomic mass is 10.0. The number of ether oxygens (including phenoxy) is 1. The molecule has 0 fully saturated rings. The van der Waals surface area contributed by atoms with Crippen LogP contribution < -0.4 is 10.1 Å².